The van der Waals surface area contributed by atoms with Gasteiger partial charge in [-0.15, -0.1) is 0 Å². The predicted octanol–water partition coefficient (Wildman–Crippen LogP) is 4.52. The third-order valence-electron chi connectivity index (χ3n) is 6.92. The number of fused-ring (bicyclic) bond motifs is 1. The van der Waals surface area contributed by atoms with Crippen molar-refractivity contribution in [3.05, 3.63) is 65.0 Å². The first-order valence-corrected chi connectivity index (χ1v) is 12.6. The summed E-state index contributed by atoms with van der Waals surface area (Å²) in [7, 11) is 3.22. The Hall–Kier alpha value is -3.89. The molecule has 0 saturated carbocycles. The smallest absolute Gasteiger partial charge is 0.324 e. The second kappa shape index (κ2) is 9.77. The van der Waals surface area contributed by atoms with Crippen molar-refractivity contribution in [3.8, 4) is 0 Å². The number of nitrogens with zero attached hydrogens (tertiary/aromatic N) is 7. The molecule has 0 radical (unpaired) electrons. The van der Waals surface area contributed by atoms with Crippen LogP contribution in [0.1, 0.15) is 67.1 Å². The number of carbonyl (C=O) groups is 1. The summed E-state index contributed by atoms with van der Waals surface area (Å²) >= 11 is 0. The Balaban J connectivity index is 1.35. The Morgan fingerprint density at radius 3 is 2.50 bits per heavy atom. The number of carbonyl (C=O) groups excluding carboxylic acids is 1. The molecule has 1 amide bonds. The third-order valence-corrected chi connectivity index (χ3v) is 6.92. The van der Waals surface area contributed by atoms with Crippen molar-refractivity contribution in [1.29, 1.82) is 0 Å². The SMILES string of the molecule is CN(C)C(=O)c1ccc(Cc2ncnc3c2c(F)cn3C2CCN(c3nc(C(C)(C)C)no3)CC2)c(F)c1. The summed E-state index contributed by atoms with van der Waals surface area (Å²) < 4.78 is 37.5. The first kappa shape index (κ1) is 25.7. The highest BCUT2D eigenvalue weighted by atomic mass is 19.1. The summed E-state index contributed by atoms with van der Waals surface area (Å²) in [5.41, 5.74) is 1.26. The summed E-state index contributed by atoms with van der Waals surface area (Å²) in [6.45, 7) is 7.46. The summed E-state index contributed by atoms with van der Waals surface area (Å²) in [5, 5.41) is 4.40. The summed E-state index contributed by atoms with van der Waals surface area (Å²) in [5.74, 6) is -0.604. The van der Waals surface area contributed by atoms with Crippen molar-refractivity contribution >= 4 is 23.0 Å². The van der Waals surface area contributed by atoms with E-state index in [1.807, 2.05) is 25.3 Å². The molecule has 1 aromatic carbocycles. The molecular formula is C27H31F2N7O2. The minimum Gasteiger partial charge on any atom is -0.345 e. The molecule has 3 aromatic heterocycles. The quantitative estimate of drug-likeness (QED) is 0.380. The van der Waals surface area contributed by atoms with Crippen molar-refractivity contribution in [2.24, 2.45) is 0 Å². The van der Waals surface area contributed by atoms with Gasteiger partial charge in [-0.25, -0.2) is 18.7 Å². The lowest BCUT2D eigenvalue weighted by molar-refractivity contribution is 0.0827. The monoisotopic (exact) mass is 523 g/mol. The number of hydrogen-bond acceptors (Lipinski definition) is 7. The first-order chi connectivity index (χ1) is 18.0. The summed E-state index contributed by atoms with van der Waals surface area (Å²) in [6, 6.07) is 4.86. The van der Waals surface area contributed by atoms with E-state index in [1.54, 1.807) is 26.2 Å². The average Bonchev–Trinajstić information content (AvgIpc) is 3.51. The molecule has 1 saturated heterocycles. The molecule has 9 nitrogen and oxygen atoms in total. The number of aromatic nitrogens is 5. The molecule has 0 N–H and O–H groups in total. The molecule has 11 heteroatoms. The maximum Gasteiger partial charge on any atom is 0.324 e. The topological polar surface area (TPSA) is 93.2 Å². The van der Waals surface area contributed by atoms with Gasteiger partial charge < -0.3 is 18.9 Å². The van der Waals surface area contributed by atoms with Crippen LogP contribution in [0.4, 0.5) is 14.8 Å². The number of halogens is 2. The standard InChI is InChI=1S/C27H31F2N7O2/c1-27(2,3)25-32-26(38-33-25)35-10-8-18(9-11-35)36-14-20(29)22-21(30-15-31-23(22)36)13-16-6-7-17(12-19(16)28)24(37)34(4)5/h6-7,12,14-15,18H,8-11,13H2,1-5H3. The van der Waals surface area contributed by atoms with Crippen molar-refractivity contribution in [1.82, 2.24) is 29.6 Å². The van der Waals surface area contributed by atoms with Crippen LogP contribution in [0.2, 0.25) is 0 Å². The molecule has 4 aromatic rings. The highest BCUT2D eigenvalue weighted by molar-refractivity contribution is 5.94. The minimum atomic E-state index is -0.535. The van der Waals surface area contributed by atoms with Gasteiger partial charge in [0.2, 0.25) is 0 Å². The third kappa shape index (κ3) is 4.84. The van der Waals surface area contributed by atoms with Crippen LogP contribution in [0.25, 0.3) is 11.0 Å². The molecule has 4 heterocycles. The molecule has 0 spiro atoms. The maximum atomic E-state index is 15.3. The molecule has 5 rings (SSSR count). The zero-order chi connectivity index (χ0) is 27.2. The molecule has 1 aliphatic rings. The van der Waals surface area contributed by atoms with Crippen molar-refractivity contribution in [2.45, 2.75) is 51.5 Å². The highest BCUT2D eigenvalue weighted by Gasteiger charge is 2.29. The molecule has 0 bridgehead atoms. The van der Waals surface area contributed by atoms with Crippen molar-refractivity contribution < 1.29 is 18.1 Å². The fourth-order valence-electron chi connectivity index (χ4n) is 4.76. The Morgan fingerprint density at radius 1 is 1.13 bits per heavy atom. The lowest BCUT2D eigenvalue weighted by atomic mass is 9.96. The van der Waals surface area contributed by atoms with Gasteiger partial charge >= 0.3 is 6.01 Å². The number of piperidine rings is 1. The van der Waals surface area contributed by atoms with Crippen LogP contribution in [-0.4, -0.2) is 62.7 Å². The van der Waals surface area contributed by atoms with E-state index in [2.05, 4.69) is 25.0 Å². The summed E-state index contributed by atoms with van der Waals surface area (Å²) in [4.78, 5) is 28.8. The second-order valence-electron chi connectivity index (χ2n) is 11.0. The predicted molar refractivity (Wildman–Crippen MR) is 138 cm³/mol. The van der Waals surface area contributed by atoms with Crippen LogP contribution < -0.4 is 4.90 Å². The fraction of sp³-hybridized carbons (Fsp3) is 0.444. The number of benzene rings is 1. The molecule has 1 aliphatic heterocycles. The van der Waals surface area contributed by atoms with Gasteiger partial charge in [-0.3, -0.25) is 4.79 Å². The summed E-state index contributed by atoms with van der Waals surface area (Å²) in [6.07, 6.45) is 4.41. The van der Waals surface area contributed by atoms with Crippen LogP contribution in [0.3, 0.4) is 0 Å². The van der Waals surface area contributed by atoms with E-state index in [0.717, 1.165) is 12.8 Å². The van der Waals surface area contributed by atoms with Crippen LogP contribution in [0.5, 0.6) is 0 Å². The lowest BCUT2D eigenvalue weighted by Gasteiger charge is -2.31. The zero-order valence-electron chi connectivity index (χ0n) is 22.2. The Kier molecular flexibility index (Phi) is 6.62. The van der Waals surface area contributed by atoms with Crippen LogP contribution >= 0.6 is 0 Å². The number of amides is 1. The number of rotatable bonds is 5. The van der Waals surface area contributed by atoms with Crippen LogP contribution in [0.15, 0.2) is 35.2 Å². The molecule has 200 valence electrons. The van der Waals surface area contributed by atoms with Crippen molar-refractivity contribution in [3.63, 3.8) is 0 Å². The normalized spacial score (nSPS) is 14.9. The van der Waals surface area contributed by atoms with Gasteiger partial charge in [0.25, 0.3) is 5.91 Å². The van der Waals surface area contributed by atoms with E-state index in [9.17, 15) is 9.18 Å². The Morgan fingerprint density at radius 2 is 1.87 bits per heavy atom. The largest absolute Gasteiger partial charge is 0.345 e. The number of anilines is 1. The van der Waals surface area contributed by atoms with Gasteiger partial charge in [-0.2, -0.15) is 4.98 Å². The minimum absolute atomic E-state index is 0.0269. The Bertz CT molecular complexity index is 1480. The van der Waals surface area contributed by atoms with Gasteiger partial charge in [0, 0.05) is 56.8 Å². The molecule has 1 fully saturated rings. The van der Waals surface area contributed by atoms with E-state index in [1.165, 1.54) is 23.5 Å². The van der Waals surface area contributed by atoms with Gasteiger partial charge in [0.15, 0.2) is 11.6 Å². The number of hydrogen-bond donors (Lipinski definition) is 0. The van der Waals surface area contributed by atoms with Gasteiger partial charge in [-0.05, 0) is 30.5 Å². The lowest BCUT2D eigenvalue weighted by Crippen LogP contribution is -2.34. The molecule has 0 aliphatic carbocycles. The molecule has 38 heavy (non-hydrogen) atoms. The first-order valence-electron chi connectivity index (χ1n) is 12.6. The van der Waals surface area contributed by atoms with Crippen LogP contribution in [-0.2, 0) is 11.8 Å². The van der Waals surface area contributed by atoms with Gasteiger partial charge in [-0.1, -0.05) is 32.0 Å². The molecular weight excluding hydrogens is 492 g/mol. The van der Waals surface area contributed by atoms with Gasteiger partial charge in [0.1, 0.15) is 17.8 Å². The van der Waals surface area contributed by atoms with E-state index in [-0.39, 0.29) is 34.7 Å². The maximum absolute atomic E-state index is 15.3. The molecule has 0 atom stereocenters. The van der Waals surface area contributed by atoms with Crippen molar-refractivity contribution in [2.75, 3.05) is 32.1 Å². The van der Waals surface area contributed by atoms with E-state index >= 15 is 4.39 Å². The van der Waals surface area contributed by atoms with E-state index < -0.39 is 11.6 Å². The Labute approximate surface area is 219 Å². The second-order valence-corrected chi connectivity index (χ2v) is 11.0. The fourth-order valence-corrected chi connectivity index (χ4v) is 4.76. The average molecular weight is 524 g/mol. The van der Waals surface area contributed by atoms with Crippen LogP contribution in [0, 0.1) is 11.6 Å². The zero-order valence-corrected chi connectivity index (χ0v) is 22.2. The highest BCUT2D eigenvalue weighted by Crippen LogP contribution is 2.32. The van der Waals surface area contributed by atoms with Gasteiger partial charge in [0.05, 0.1) is 11.1 Å². The van der Waals surface area contributed by atoms with E-state index in [4.69, 9.17) is 4.52 Å². The molecule has 0 unspecified atom stereocenters. The van der Waals surface area contributed by atoms with E-state index in [0.29, 0.717) is 41.8 Å².